The number of carbonyl (C=O) groups excluding carboxylic acids is 2. The Morgan fingerprint density at radius 3 is 1.54 bits per heavy atom. The Morgan fingerprint density at radius 2 is 1.15 bits per heavy atom. The van der Waals surface area contributed by atoms with E-state index in [9.17, 15) is 9.59 Å². The molecule has 8 nitrogen and oxygen atoms in total. The summed E-state index contributed by atoms with van der Waals surface area (Å²) in [6, 6.07) is 6.30. The third kappa shape index (κ3) is 3.29. The number of nitrogens with zero attached hydrogens (tertiary/aromatic N) is 2. The van der Waals surface area contributed by atoms with Gasteiger partial charge in [-0.3, -0.25) is 9.97 Å². The highest BCUT2D eigenvalue weighted by Gasteiger charge is 2.51. The molecule has 2 fully saturated rings. The van der Waals surface area contributed by atoms with Gasteiger partial charge in [-0.2, -0.15) is 0 Å². The molecule has 0 bridgehead atoms. The molecule has 2 unspecified atom stereocenters. The van der Waals surface area contributed by atoms with E-state index in [2.05, 4.69) is 9.97 Å². The van der Waals surface area contributed by atoms with E-state index in [4.69, 9.17) is 18.9 Å². The summed E-state index contributed by atoms with van der Waals surface area (Å²) in [4.78, 5) is 32.1. The standard InChI is InChI=1S/C18H16N2O6/c21-17(11-1-5-19-6-2-11)25-13-9-23-16-14(10-24-15(13)16)26-18(22)12-3-7-20-8-4-12/h1-8,13-16H,9-10H2/t13-,14-,15?,16?/m1/s1. The van der Waals surface area contributed by atoms with Crippen LogP contribution in [0.5, 0.6) is 0 Å². The Kier molecular flexibility index (Phi) is 4.59. The van der Waals surface area contributed by atoms with Crippen molar-refractivity contribution in [3.63, 3.8) is 0 Å². The Hall–Kier alpha value is -2.84. The largest absolute Gasteiger partial charge is 0.453 e. The van der Waals surface area contributed by atoms with Crippen LogP contribution in [0.4, 0.5) is 0 Å². The summed E-state index contributed by atoms with van der Waals surface area (Å²) in [5.74, 6) is -0.940. The summed E-state index contributed by atoms with van der Waals surface area (Å²) in [5, 5.41) is 0. The lowest BCUT2D eigenvalue weighted by Crippen LogP contribution is -2.36. The van der Waals surface area contributed by atoms with Crippen LogP contribution < -0.4 is 0 Å². The first kappa shape index (κ1) is 16.6. The van der Waals surface area contributed by atoms with Crippen molar-refractivity contribution >= 4 is 11.9 Å². The summed E-state index contributed by atoms with van der Waals surface area (Å²) in [5.41, 5.74) is 0.809. The highest BCUT2D eigenvalue weighted by Crippen LogP contribution is 2.31. The average molecular weight is 356 g/mol. The van der Waals surface area contributed by atoms with Crippen LogP contribution in [0.1, 0.15) is 20.7 Å². The van der Waals surface area contributed by atoms with Gasteiger partial charge >= 0.3 is 11.9 Å². The van der Waals surface area contributed by atoms with Crippen LogP contribution in [-0.4, -0.2) is 59.5 Å². The fourth-order valence-electron chi connectivity index (χ4n) is 3.02. The van der Waals surface area contributed by atoms with Crippen LogP contribution in [-0.2, 0) is 18.9 Å². The number of carbonyl (C=O) groups is 2. The maximum atomic E-state index is 12.2. The maximum absolute atomic E-state index is 12.2. The molecule has 4 atom stereocenters. The second kappa shape index (κ2) is 7.19. The number of hydrogen-bond acceptors (Lipinski definition) is 8. The Balaban J connectivity index is 1.37. The summed E-state index contributed by atoms with van der Waals surface area (Å²) >= 11 is 0. The monoisotopic (exact) mass is 356 g/mol. The van der Waals surface area contributed by atoms with Gasteiger partial charge < -0.3 is 18.9 Å². The SMILES string of the molecule is O=C(O[C@@H]1COC2C1OC[C@H]2OC(=O)c1ccncc1)c1ccncc1. The molecular formula is C18H16N2O6. The molecule has 134 valence electrons. The molecule has 8 heteroatoms. The van der Waals surface area contributed by atoms with Crippen molar-refractivity contribution in [2.45, 2.75) is 24.4 Å². The molecule has 4 heterocycles. The van der Waals surface area contributed by atoms with E-state index in [0.29, 0.717) is 11.1 Å². The third-order valence-corrected chi connectivity index (χ3v) is 4.31. The second-order valence-electron chi connectivity index (χ2n) is 5.96. The third-order valence-electron chi connectivity index (χ3n) is 4.31. The van der Waals surface area contributed by atoms with E-state index in [1.165, 1.54) is 24.8 Å². The molecule has 2 aromatic rings. The topological polar surface area (TPSA) is 96.8 Å². The first-order valence-corrected chi connectivity index (χ1v) is 8.17. The number of hydrogen-bond donors (Lipinski definition) is 0. The molecule has 26 heavy (non-hydrogen) atoms. The number of pyridine rings is 2. The van der Waals surface area contributed by atoms with E-state index in [-0.39, 0.29) is 13.2 Å². The Bertz CT molecular complexity index is 717. The van der Waals surface area contributed by atoms with Crippen molar-refractivity contribution in [2.75, 3.05) is 13.2 Å². The van der Waals surface area contributed by atoms with Crippen LogP contribution in [0.2, 0.25) is 0 Å². The zero-order valence-corrected chi connectivity index (χ0v) is 13.7. The molecule has 0 spiro atoms. The van der Waals surface area contributed by atoms with Crippen molar-refractivity contribution in [1.29, 1.82) is 0 Å². The zero-order chi connectivity index (χ0) is 17.9. The summed E-state index contributed by atoms with van der Waals surface area (Å²) in [7, 11) is 0. The van der Waals surface area contributed by atoms with Gasteiger partial charge in [-0.25, -0.2) is 9.59 Å². The highest BCUT2D eigenvalue weighted by atomic mass is 16.7. The lowest BCUT2D eigenvalue weighted by atomic mass is 10.1. The predicted molar refractivity (Wildman–Crippen MR) is 86.4 cm³/mol. The van der Waals surface area contributed by atoms with E-state index in [1.54, 1.807) is 24.3 Å². The van der Waals surface area contributed by atoms with Gasteiger partial charge in [-0.15, -0.1) is 0 Å². The number of rotatable bonds is 4. The van der Waals surface area contributed by atoms with Gasteiger partial charge in [0.05, 0.1) is 24.3 Å². The molecule has 0 aromatic carbocycles. The Labute approximate surface area is 149 Å². The molecule has 4 rings (SSSR count). The van der Waals surface area contributed by atoms with Crippen LogP contribution in [0.3, 0.4) is 0 Å². The molecule has 0 radical (unpaired) electrons. The van der Waals surface area contributed by atoms with Gasteiger partial charge in [-0.05, 0) is 24.3 Å². The fourth-order valence-corrected chi connectivity index (χ4v) is 3.02. The quantitative estimate of drug-likeness (QED) is 0.749. The van der Waals surface area contributed by atoms with Gasteiger partial charge in [0.25, 0.3) is 0 Å². The van der Waals surface area contributed by atoms with Crippen molar-refractivity contribution in [1.82, 2.24) is 9.97 Å². The lowest BCUT2D eigenvalue weighted by molar-refractivity contribution is -0.0287. The van der Waals surface area contributed by atoms with Crippen LogP contribution >= 0.6 is 0 Å². The smallest absolute Gasteiger partial charge is 0.338 e. The van der Waals surface area contributed by atoms with Gasteiger partial charge in [0.15, 0.2) is 12.2 Å². The summed E-state index contributed by atoms with van der Waals surface area (Å²) in [6.07, 6.45) is 4.05. The van der Waals surface area contributed by atoms with Crippen molar-refractivity contribution in [3.8, 4) is 0 Å². The molecule has 0 N–H and O–H groups in total. The van der Waals surface area contributed by atoms with Gasteiger partial charge in [0, 0.05) is 24.8 Å². The molecule has 2 aromatic heterocycles. The van der Waals surface area contributed by atoms with Gasteiger partial charge in [0.2, 0.25) is 0 Å². The second-order valence-corrected chi connectivity index (χ2v) is 5.96. The predicted octanol–water partition coefficient (Wildman–Crippen LogP) is 1.03. The number of aromatic nitrogens is 2. The van der Waals surface area contributed by atoms with Crippen LogP contribution in [0.25, 0.3) is 0 Å². The maximum Gasteiger partial charge on any atom is 0.338 e. The van der Waals surface area contributed by atoms with E-state index < -0.39 is 36.4 Å². The average Bonchev–Trinajstić information content (AvgIpc) is 3.27. The van der Waals surface area contributed by atoms with E-state index >= 15 is 0 Å². The number of ether oxygens (including phenoxy) is 4. The number of fused-ring (bicyclic) bond motifs is 1. The van der Waals surface area contributed by atoms with Crippen LogP contribution in [0, 0.1) is 0 Å². The normalized spacial score (nSPS) is 26.9. The molecule has 2 aliphatic heterocycles. The van der Waals surface area contributed by atoms with Crippen molar-refractivity contribution in [2.24, 2.45) is 0 Å². The van der Waals surface area contributed by atoms with Crippen molar-refractivity contribution in [3.05, 3.63) is 60.2 Å². The first-order chi connectivity index (χ1) is 12.7. The molecule has 0 aliphatic carbocycles. The summed E-state index contributed by atoms with van der Waals surface area (Å²) < 4.78 is 22.3. The molecule has 2 aliphatic rings. The summed E-state index contributed by atoms with van der Waals surface area (Å²) in [6.45, 7) is 0.380. The minimum absolute atomic E-state index is 0.190. The van der Waals surface area contributed by atoms with E-state index in [1.807, 2.05) is 0 Å². The van der Waals surface area contributed by atoms with Gasteiger partial charge in [0.1, 0.15) is 12.2 Å². The number of esters is 2. The molecular weight excluding hydrogens is 340 g/mol. The van der Waals surface area contributed by atoms with E-state index in [0.717, 1.165) is 0 Å². The Morgan fingerprint density at radius 1 is 0.769 bits per heavy atom. The molecule has 0 saturated carbocycles. The fraction of sp³-hybridized carbons (Fsp3) is 0.333. The minimum atomic E-state index is -0.551. The molecule has 0 amide bonds. The zero-order valence-electron chi connectivity index (χ0n) is 13.7. The molecule has 2 saturated heterocycles. The highest BCUT2D eigenvalue weighted by molar-refractivity contribution is 5.89. The van der Waals surface area contributed by atoms with Crippen molar-refractivity contribution < 1.29 is 28.5 Å². The van der Waals surface area contributed by atoms with Gasteiger partial charge in [-0.1, -0.05) is 0 Å². The lowest BCUT2D eigenvalue weighted by Gasteiger charge is -2.17. The minimum Gasteiger partial charge on any atom is -0.453 e. The first-order valence-electron chi connectivity index (χ1n) is 8.17. The van der Waals surface area contributed by atoms with Crippen LogP contribution in [0.15, 0.2) is 49.1 Å².